The molecule has 3 heterocycles. The molecule has 1 unspecified atom stereocenters. The average molecular weight is 589 g/mol. The van der Waals surface area contributed by atoms with E-state index in [0.29, 0.717) is 16.7 Å². The highest BCUT2D eigenvalue weighted by atomic mass is 19.4. The monoisotopic (exact) mass is 588 g/mol. The molecule has 1 atom stereocenters. The molecule has 1 aromatic carbocycles. The molecule has 0 bridgehead atoms. The molecule has 1 saturated carbocycles. The molecule has 1 saturated heterocycles. The Morgan fingerprint density at radius 1 is 1.00 bits per heavy atom. The van der Waals surface area contributed by atoms with Gasteiger partial charge in [-0.1, -0.05) is 36.3 Å². The van der Waals surface area contributed by atoms with Gasteiger partial charge in [0.1, 0.15) is 16.8 Å². The van der Waals surface area contributed by atoms with E-state index in [1.807, 2.05) is 0 Å². The van der Waals surface area contributed by atoms with Gasteiger partial charge in [0.2, 0.25) is 5.82 Å². The second-order valence-electron chi connectivity index (χ2n) is 13.2. The Morgan fingerprint density at radius 3 is 2.12 bits per heavy atom. The third kappa shape index (κ3) is 5.04. The van der Waals surface area contributed by atoms with E-state index >= 15 is 0 Å². The zero-order valence-electron chi connectivity index (χ0n) is 24.4. The minimum absolute atomic E-state index is 0.00798. The topological polar surface area (TPSA) is 122 Å². The number of carbonyl (C=O) groups is 1. The van der Waals surface area contributed by atoms with Gasteiger partial charge >= 0.3 is 12.3 Å². The van der Waals surface area contributed by atoms with Crippen molar-refractivity contribution in [3.05, 3.63) is 65.3 Å². The Hall–Kier alpha value is -3.51. The first-order chi connectivity index (χ1) is 19.3. The first kappa shape index (κ1) is 30.0. The fourth-order valence-electron chi connectivity index (χ4n) is 5.58. The summed E-state index contributed by atoms with van der Waals surface area (Å²) in [6, 6.07) is 7.48. The number of halogens is 3. The summed E-state index contributed by atoms with van der Waals surface area (Å²) >= 11 is 0. The lowest BCUT2D eigenvalue weighted by atomic mass is 9.62. The molecule has 5 rings (SSSR count). The molecule has 1 amide bonds. The fraction of sp³-hybridized carbons (Fsp3) is 0.533. The van der Waals surface area contributed by atoms with Crippen molar-refractivity contribution in [3.63, 3.8) is 0 Å². The lowest BCUT2D eigenvalue weighted by Gasteiger charge is -2.56. The number of alkyl halides is 3. The Labute approximate surface area is 241 Å². The SMILES string of the molecule is CC(C)(C)OC(=O)N1CC(C)(C(O)(c2ccc(C3(C(F)(F)F)CC3)cc2)c2cncc(-c3noc(C(C)(C)O)n3)c2)C1. The number of likely N-dealkylation sites (tertiary alicyclic amines) is 1. The van der Waals surface area contributed by atoms with E-state index < -0.39 is 39.9 Å². The summed E-state index contributed by atoms with van der Waals surface area (Å²) in [5.74, 6) is 0.126. The van der Waals surface area contributed by atoms with Gasteiger partial charge in [-0.05, 0) is 64.7 Å². The summed E-state index contributed by atoms with van der Waals surface area (Å²) in [5, 5.41) is 26.8. The lowest BCUT2D eigenvalue weighted by molar-refractivity contribution is -0.160. The second-order valence-corrected chi connectivity index (χ2v) is 13.2. The molecule has 42 heavy (non-hydrogen) atoms. The van der Waals surface area contributed by atoms with Crippen molar-refractivity contribution in [1.82, 2.24) is 20.0 Å². The predicted octanol–water partition coefficient (Wildman–Crippen LogP) is 5.45. The van der Waals surface area contributed by atoms with Crippen molar-refractivity contribution in [2.24, 2.45) is 5.41 Å². The van der Waals surface area contributed by atoms with E-state index in [1.54, 1.807) is 33.8 Å². The van der Waals surface area contributed by atoms with Gasteiger partial charge in [-0.3, -0.25) is 4.98 Å². The fourth-order valence-corrected chi connectivity index (χ4v) is 5.58. The number of aliphatic hydroxyl groups is 2. The number of nitrogens with zero attached hydrogens (tertiary/aromatic N) is 4. The van der Waals surface area contributed by atoms with Crippen LogP contribution in [0.15, 0.2) is 47.2 Å². The number of rotatable bonds is 6. The van der Waals surface area contributed by atoms with Crippen LogP contribution in [0.1, 0.15) is 77.0 Å². The van der Waals surface area contributed by atoms with E-state index in [-0.39, 0.29) is 43.2 Å². The van der Waals surface area contributed by atoms with Gasteiger partial charge in [-0.2, -0.15) is 18.2 Å². The van der Waals surface area contributed by atoms with Crippen LogP contribution >= 0.6 is 0 Å². The molecule has 12 heteroatoms. The molecule has 3 aromatic rings. The molecule has 2 aliphatic rings. The van der Waals surface area contributed by atoms with Crippen molar-refractivity contribution in [3.8, 4) is 11.4 Å². The molecular weight excluding hydrogens is 553 g/mol. The average Bonchev–Trinajstić information content (AvgIpc) is 3.54. The number of aromatic nitrogens is 3. The minimum atomic E-state index is -4.37. The minimum Gasteiger partial charge on any atom is -0.444 e. The second kappa shape index (κ2) is 9.50. The molecule has 0 radical (unpaired) electrons. The summed E-state index contributed by atoms with van der Waals surface area (Å²) in [7, 11) is 0. The Bertz CT molecular complexity index is 1480. The third-order valence-electron chi connectivity index (χ3n) is 8.12. The Kier molecular flexibility index (Phi) is 6.78. The van der Waals surface area contributed by atoms with Gasteiger partial charge in [-0.15, -0.1) is 0 Å². The molecule has 226 valence electrons. The van der Waals surface area contributed by atoms with Gasteiger partial charge in [0.15, 0.2) is 0 Å². The van der Waals surface area contributed by atoms with E-state index in [4.69, 9.17) is 9.26 Å². The predicted molar refractivity (Wildman–Crippen MR) is 145 cm³/mol. The first-order valence-electron chi connectivity index (χ1n) is 13.7. The van der Waals surface area contributed by atoms with Crippen LogP contribution in [0.4, 0.5) is 18.0 Å². The number of benzene rings is 1. The number of carbonyl (C=O) groups excluding carboxylic acids is 1. The smallest absolute Gasteiger partial charge is 0.410 e. The van der Waals surface area contributed by atoms with Gasteiger partial charge < -0.3 is 24.4 Å². The molecule has 9 nitrogen and oxygen atoms in total. The molecule has 1 aliphatic heterocycles. The van der Waals surface area contributed by atoms with Crippen LogP contribution in [-0.2, 0) is 21.4 Å². The number of hydrogen-bond acceptors (Lipinski definition) is 8. The third-order valence-corrected chi connectivity index (χ3v) is 8.12. The summed E-state index contributed by atoms with van der Waals surface area (Å²) in [6.45, 7) is 10.3. The van der Waals surface area contributed by atoms with Crippen LogP contribution in [-0.4, -0.2) is 61.2 Å². The Morgan fingerprint density at radius 2 is 1.62 bits per heavy atom. The van der Waals surface area contributed by atoms with Crippen LogP contribution in [0.2, 0.25) is 0 Å². The molecule has 2 aromatic heterocycles. The van der Waals surface area contributed by atoms with E-state index in [9.17, 15) is 28.2 Å². The van der Waals surface area contributed by atoms with Crippen molar-refractivity contribution >= 4 is 6.09 Å². The first-order valence-corrected chi connectivity index (χ1v) is 13.7. The maximum absolute atomic E-state index is 13.8. The highest BCUT2D eigenvalue weighted by Crippen LogP contribution is 2.59. The maximum atomic E-state index is 13.8. The van der Waals surface area contributed by atoms with Gasteiger partial charge in [0.25, 0.3) is 5.89 Å². The van der Waals surface area contributed by atoms with Crippen molar-refractivity contribution in [2.45, 2.75) is 82.8 Å². The van der Waals surface area contributed by atoms with Crippen molar-refractivity contribution in [1.29, 1.82) is 0 Å². The van der Waals surface area contributed by atoms with E-state index in [0.717, 1.165) is 0 Å². The largest absolute Gasteiger partial charge is 0.444 e. The van der Waals surface area contributed by atoms with Gasteiger partial charge in [-0.25, -0.2) is 4.79 Å². The molecule has 2 fully saturated rings. The zero-order chi connectivity index (χ0) is 30.9. The number of amides is 1. The van der Waals surface area contributed by atoms with Crippen LogP contribution in [0.5, 0.6) is 0 Å². The van der Waals surface area contributed by atoms with Crippen LogP contribution < -0.4 is 0 Å². The van der Waals surface area contributed by atoms with Gasteiger partial charge in [0.05, 0.1) is 5.41 Å². The quantitative estimate of drug-likeness (QED) is 0.390. The summed E-state index contributed by atoms with van der Waals surface area (Å²) in [5.41, 5.74) is -5.50. The highest BCUT2D eigenvalue weighted by molar-refractivity contribution is 5.70. The summed E-state index contributed by atoms with van der Waals surface area (Å²) in [4.78, 5) is 22.8. The van der Waals surface area contributed by atoms with Crippen molar-refractivity contribution in [2.75, 3.05) is 13.1 Å². The highest BCUT2D eigenvalue weighted by Gasteiger charge is 2.64. The summed E-state index contributed by atoms with van der Waals surface area (Å²) < 4.78 is 52.1. The van der Waals surface area contributed by atoms with Crippen LogP contribution in [0, 0.1) is 5.41 Å². The number of hydrogen-bond donors (Lipinski definition) is 2. The van der Waals surface area contributed by atoms with Crippen LogP contribution in [0.25, 0.3) is 11.4 Å². The van der Waals surface area contributed by atoms with E-state index in [1.165, 1.54) is 55.4 Å². The normalized spacial score (nSPS) is 19.5. The van der Waals surface area contributed by atoms with Crippen LogP contribution in [0.3, 0.4) is 0 Å². The Balaban J connectivity index is 1.55. The standard InChI is InChI=1S/C30H35F3N4O5/c1-25(2,3)41-24(38)37-16-27(6,17-37)29(40,20-9-7-19(8-10-20)28(11-12-28)30(31,32)33)21-13-18(14-34-15-21)22-35-23(42-36-22)26(4,5)39/h7-10,13-15,39-40H,11-12,16-17H2,1-6H3. The summed E-state index contributed by atoms with van der Waals surface area (Å²) in [6.07, 6.45) is -1.92. The number of pyridine rings is 1. The number of ether oxygens (including phenoxy) is 1. The van der Waals surface area contributed by atoms with Crippen molar-refractivity contribution < 1.29 is 37.4 Å². The maximum Gasteiger partial charge on any atom is 0.410 e. The molecule has 0 spiro atoms. The van der Waals surface area contributed by atoms with Gasteiger partial charge in [0, 0.05) is 42.0 Å². The lowest BCUT2D eigenvalue weighted by Crippen LogP contribution is -2.66. The molecule has 1 aliphatic carbocycles. The molecular formula is C30H35F3N4O5. The molecule has 2 N–H and O–H groups in total. The van der Waals surface area contributed by atoms with E-state index in [2.05, 4.69) is 15.1 Å². The zero-order valence-corrected chi connectivity index (χ0v) is 24.4.